The van der Waals surface area contributed by atoms with Gasteiger partial charge >= 0.3 is 7.82 Å². The fraction of sp³-hybridized carbons (Fsp3) is 0.407. The van der Waals surface area contributed by atoms with Gasteiger partial charge in [-0.2, -0.15) is 0 Å². The number of methoxy groups -OCH3 is 1. The molecule has 0 saturated carbocycles. The number of ether oxygens (including phenoxy) is 1. The molecule has 0 radical (unpaired) electrons. The van der Waals surface area contributed by atoms with Gasteiger partial charge in [-0.25, -0.2) is 4.57 Å². The molecule has 1 heterocycles. The SMILES string of the molecule is COc1ccc2ncc(CC(=O)CCCCCCOP(=O)(O)OC(C)C)c(-c3ccccc3)c2c1. The lowest BCUT2D eigenvalue weighted by Crippen LogP contribution is -2.05. The molecule has 0 aliphatic carbocycles. The highest BCUT2D eigenvalue weighted by Gasteiger charge is 2.22. The van der Waals surface area contributed by atoms with E-state index in [-0.39, 0.29) is 18.5 Å². The summed E-state index contributed by atoms with van der Waals surface area (Å²) >= 11 is 0. The van der Waals surface area contributed by atoms with E-state index in [2.05, 4.69) is 4.98 Å². The van der Waals surface area contributed by atoms with Crippen LogP contribution in [0.25, 0.3) is 22.0 Å². The van der Waals surface area contributed by atoms with Crippen molar-refractivity contribution in [1.82, 2.24) is 4.98 Å². The maximum absolute atomic E-state index is 12.8. The highest BCUT2D eigenvalue weighted by atomic mass is 31.2. The van der Waals surface area contributed by atoms with E-state index < -0.39 is 7.82 Å². The predicted octanol–water partition coefficient (Wildman–Crippen LogP) is 6.51. The van der Waals surface area contributed by atoms with Crippen LogP contribution in [0.2, 0.25) is 0 Å². The third kappa shape index (κ3) is 8.25. The average molecular weight is 500 g/mol. The first kappa shape index (κ1) is 27.0. The zero-order valence-electron chi connectivity index (χ0n) is 20.6. The molecule has 7 nitrogen and oxygen atoms in total. The Balaban J connectivity index is 1.57. The molecule has 1 aromatic heterocycles. The largest absolute Gasteiger partial charge is 0.497 e. The Kier molecular flexibility index (Phi) is 9.99. The van der Waals surface area contributed by atoms with Crippen LogP contribution in [0.3, 0.4) is 0 Å². The van der Waals surface area contributed by atoms with Crippen LogP contribution in [-0.2, 0) is 24.8 Å². The van der Waals surface area contributed by atoms with Crippen LogP contribution in [-0.4, -0.2) is 35.5 Å². The number of nitrogens with zero attached hydrogens (tertiary/aromatic N) is 1. The summed E-state index contributed by atoms with van der Waals surface area (Å²) in [6, 6.07) is 15.8. The van der Waals surface area contributed by atoms with Crippen molar-refractivity contribution in [2.75, 3.05) is 13.7 Å². The zero-order valence-corrected chi connectivity index (χ0v) is 21.5. The summed E-state index contributed by atoms with van der Waals surface area (Å²) < 4.78 is 26.9. The lowest BCUT2D eigenvalue weighted by atomic mass is 9.93. The molecule has 188 valence electrons. The Hall–Kier alpha value is -2.57. The second-order valence-corrected chi connectivity index (χ2v) is 10.1. The van der Waals surface area contributed by atoms with E-state index in [9.17, 15) is 14.3 Å². The van der Waals surface area contributed by atoms with Gasteiger partial charge in [0.1, 0.15) is 11.5 Å². The second kappa shape index (κ2) is 12.9. The Bertz CT molecular complexity index is 1170. The number of phosphoric ester groups is 1. The molecule has 1 N–H and O–H groups in total. The number of fused-ring (bicyclic) bond motifs is 1. The van der Waals surface area contributed by atoms with Crippen LogP contribution in [0.4, 0.5) is 0 Å². The number of phosphoric acid groups is 1. The topological polar surface area (TPSA) is 95.0 Å². The summed E-state index contributed by atoms with van der Waals surface area (Å²) in [5.41, 5.74) is 3.81. The smallest absolute Gasteiger partial charge is 0.472 e. The molecule has 0 amide bonds. The van der Waals surface area contributed by atoms with E-state index in [0.29, 0.717) is 19.3 Å². The lowest BCUT2D eigenvalue weighted by molar-refractivity contribution is -0.118. The van der Waals surface area contributed by atoms with Crippen LogP contribution in [0.1, 0.15) is 51.5 Å². The van der Waals surface area contributed by atoms with Gasteiger partial charge in [-0.3, -0.25) is 18.8 Å². The number of unbranched alkanes of at least 4 members (excludes halogenated alkanes) is 3. The van der Waals surface area contributed by atoms with Crippen molar-refractivity contribution in [3.63, 3.8) is 0 Å². The van der Waals surface area contributed by atoms with Gasteiger partial charge in [0, 0.05) is 24.4 Å². The molecule has 1 atom stereocenters. The van der Waals surface area contributed by atoms with Gasteiger partial charge in [0.05, 0.1) is 25.3 Å². The molecule has 0 aliphatic heterocycles. The highest BCUT2D eigenvalue weighted by Crippen LogP contribution is 2.44. The molecule has 0 spiro atoms. The quantitative estimate of drug-likeness (QED) is 0.199. The lowest BCUT2D eigenvalue weighted by Gasteiger charge is -2.14. The van der Waals surface area contributed by atoms with Gasteiger partial charge in [-0.15, -0.1) is 0 Å². The van der Waals surface area contributed by atoms with Crippen molar-refractivity contribution in [3.05, 3.63) is 60.3 Å². The molecule has 0 saturated heterocycles. The van der Waals surface area contributed by atoms with Crippen molar-refractivity contribution in [1.29, 1.82) is 0 Å². The summed E-state index contributed by atoms with van der Waals surface area (Å²) in [4.78, 5) is 27.0. The summed E-state index contributed by atoms with van der Waals surface area (Å²) in [7, 11) is -2.34. The molecule has 0 fully saturated rings. The fourth-order valence-electron chi connectivity index (χ4n) is 3.98. The van der Waals surface area contributed by atoms with Crippen molar-refractivity contribution in [2.24, 2.45) is 0 Å². The third-order valence-electron chi connectivity index (χ3n) is 5.55. The van der Waals surface area contributed by atoms with Gasteiger partial charge in [0.2, 0.25) is 0 Å². The van der Waals surface area contributed by atoms with E-state index in [4.69, 9.17) is 13.8 Å². The molecule has 35 heavy (non-hydrogen) atoms. The number of Topliss-reactive ketones (excluding diaryl/α,β-unsaturated/α-hetero) is 1. The Morgan fingerprint density at radius 2 is 1.80 bits per heavy atom. The number of carbonyl (C=O) groups excluding carboxylic acids is 1. The first-order valence-corrected chi connectivity index (χ1v) is 13.5. The standard InChI is InChI=1S/C27H34NO6P/c1-20(2)34-35(30,31)33-16-10-5-4-9-13-23(29)17-22-19-28-26-15-14-24(32-3)18-25(26)27(22)21-11-7-6-8-12-21/h6-8,11-12,14-15,18-20H,4-5,9-10,13,16-17H2,1-3H3,(H,30,31). The summed E-state index contributed by atoms with van der Waals surface area (Å²) in [5.74, 6) is 0.907. The maximum atomic E-state index is 12.8. The number of aromatic nitrogens is 1. The van der Waals surface area contributed by atoms with Crippen molar-refractivity contribution < 1.29 is 28.0 Å². The molecular formula is C27H34NO6P. The number of pyridine rings is 1. The van der Waals surface area contributed by atoms with E-state index in [1.54, 1.807) is 27.2 Å². The number of rotatable bonds is 14. The van der Waals surface area contributed by atoms with Gasteiger partial charge < -0.3 is 9.63 Å². The molecule has 8 heteroatoms. The first-order valence-electron chi connectivity index (χ1n) is 12.0. The predicted molar refractivity (Wildman–Crippen MR) is 138 cm³/mol. The average Bonchev–Trinajstić information content (AvgIpc) is 2.82. The normalized spacial score (nSPS) is 13.2. The van der Waals surface area contributed by atoms with Gasteiger partial charge in [-0.05, 0) is 61.6 Å². The van der Waals surface area contributed by atoms with E-state index in [1.807, 2.05) is 48.5 Å². The zero-order chi connectivity index (χ0) is 25.3. The number of hydrogen-bond acceptors (Lipinski definition) is 6. The van der Waals surface area contributed by atoms with Gasteiger partial charge in [0.15, 0.2) is 0 Å². The van der Waals surface area contributed by atoms with E-state index in [0.717, 1.165) is 52.6 Å². The van der Waals surface area contributed by atoms with Crippen molar-refractivity contribution >= 4 is 24.5 Å². The van der Waals surface area contributed by atoms with Gasteiger partial charge in [-0.1, -0.05) is 43.2 Å². The number of benzene rings is 2. The summed E-state index contributed by atoms with van der Waals surface area (Å²) in [6.45, 7) is 3.51. The van der Waals surface area contributed by atoms with Crippen LogP contribution in [0.5, 0.6) is 5.75 Å². The molecular weight excluding hydrogens is 465 g/mol. The Labute approximate surface area is 207 Å². The van der Waals surface area contributed by atoms with Crippen LogP contribution in [0, 0.1) is 0 Å². The second-order valence-electron chi connectivity index (χ2n) is 8.74. The number of ketones is 1. The Morgan fingerprint density at radius 3 is 2.51 bits per heavy atom. The highest BCUT2D eigenvalue weighted by molar-refractivity contribution is 7.47. The van der Waals surface area contributed by atoms with Crippen LogP contribution >= 0.6 is 7.82 Å². The third-order valence-corrected chi connectivity index (χ3v) is 6.75. The maximum Gasteiger partial charge on any atom is 0.472 e. The molecule has 1 unspecified atom stereocenters. The van der Waals surface area contributed by atoms with Crippen molar-refractivity contribution in [3.8, 4) is 16.9 Å². The number of carbonyl (C=O) groups is 1. The minimum absolute atomic E-state index is 0.154. The monoisotopic (exact) mass is 499 g/mol. The molecule has 3 aromatic rings. The Morgan fingerprint density at radius 1 is 1.06 bits per heavy atom. The van der Waals surface area contributed by atoms with E-state index in [1.165, 1.54) is 0 Å². The van der Waals surface area contributed by atoms with Gasteiger partial charge in [0.25, 0.3) is 0 Å². The summed E-state index contributed by atoms with van der Waals surface area (Å²) in [6.07, 6.45) is 5.25. The molecule has 3 rings (SSSR count). The first-order chi connectivity index (χ1) is 16.8. The van der Waals surface area contributed by atoms with Crippen LogP contribution < -0.4 is 4.74 Å². The van der Waals surface area contributed by atoms with Crippen LogP contribution in [0.15, 0.2) is 54.7 Å². The molecule has 0 aliphatic rings. The fourth-order valence-corrected chi connectivity index (χ4v) is 4.93. The van der Waals surface area contributed by atoms with E-state index >= 15 is 0 Å². The summed E-state index contributed by atoms with van der Waals surface area (Å²) in [5, 5.41) is 0.962. The minimum atomic E-state index is -3.98. The minimum Gasteiger partial charge on any atom is -0.497 e. The van der Waals surface area contributed by atoms with Crippen molar-refractivity contribution in [2.45, 2.75) is 58.5 Å². The molecule has 0 bridgehead atoms. The molecule has 2 aromatic carbocycles. The number of hydrogen-bond donors (Lipinski definition) is 1.